The number of hydrogen-bond acceptors (Lipinski definition) is 5. The molecule has 0 aromatic heterocycles. The number of alkyl halides is 3. The van der Waals surface area contributed by atoms with Crippen molar-refractivity contribution in [2.75, 3.05) is 13.2 Å². The summed E-state index contributed by atoms with van der Waals surface area (Å²) in [5.74, 6) is -0.494. The smallest absolute Gasteiger partial charge is 0.410 e. The molecule has 2 N–H and O–H groups in total. The van der Waals surface area contributed by atoms with Crippen molar-refractivity contribution in [2.45, 2.75) is 16.3 Å². The lowest BCUT2D eigenvalue weighted by molar-refractivity contribution is 0.0958. The lowest BCUT2D eigenvalue weighted by atomic mass is 9.93. The van der Waals surface area contributed by atoms with Gasteiger partial charge in [0, 0.05) is 11.9 Å². The Morgan fingerprint density at radius 2 is 2.05 bits per heavy atom. The summed E-state index contributed by atoms with van der Waals surface area (Å²) in [6, 6.07) is 2.26. The predicted molar refractivity (Wildman–Crippen MR) is 88.2 cm³/mol. The highest BCUT2D eigenvalue weighted by Crippen LogP contribution is 2.37. The van der Waals surface area contributed by atoms with Crippen LogP contribution in [-0.2, 0) is 11.2 Å². The van der Waals surface area contributed by atoms with E-state index in [-0.39, 0.29) is 18.1 Å². The number of aromatic hydroxyl groups is 2. The Labute approximate surface area is 147 Å². The van der Waals surface area contributed by atoms with Gasteiger partial charge in [-0.3, -0.25) is 4.90 Å². The Balaban J connectivity index is 2.23. The number of phenolic OH excluding ortho intramolecular Hbond substituents is 2. The van der Waals surface area contributed by atoms with Crippen molar-refractivity contribution >= 4 is 58.5 Å². The number of halogens is 3. The molecule has 0 fully saturated rings. The molecule has 5 nitrogen and oxygen atoms in total. The molecule has 0 aliphatic carbocycles. The van der Waals surface area contributed by atoms with Gasteiger partial charge in [0.2, 0.25) is 3.79 Å². The molecule has 0 spiro atoms. The summed E-state index contributed by atoms with van der Waals surface area (Å²) in [5, 5.41) is 20.6. The maximum absolute atomic E-state index is 12.1. The van der Waals surface area contributed by atoms with Crippen molar-refractivity contribution in [2.24, 2.45) is 0 Å². The number of benzene rings is 1. The van der Waals surface area contributed by atoms with Crippen LogP contribution in [0.1, 0.15) is 17.2 Å². The molecule has 1 heterocycles. The molecule has 2 rings (SSSR count). The number of carbonyl (C=O) groups is 1. The largest absolute Gasteiger partial charge is 0.504 e. The first kappa shape index (κ1) is 17.4. The van der Waals surface area contributed by atoms with E-state index in [1.807, 2.05) is 0 Å². The van der Waals surface area contributed by atoms with Crippen LogP contribution in [0.25, 0.3) is 0 Å². The standard InChI is InChI=1S/C13H12Cl3NO4S/c14-13(15,16)6-21-12(20)17-2-1-7-3-10(18)11(19)4-8(7)9(17)5-22/h3-5,9,18-19H,1-2,6H2. The van der Waals surface area contributed by atoms with Gasteiger partial charge in [-0.05, 0) is 29.7 Å². The number of amides is 1. The molecular weight excluding hydrogens is 373 g/mol. The third-order valence-corrected chi connectivity index (χ3v) is 3.82. The van der Waals surface area contributed by atoms with Gasteiger partial charge in [0.1, 0.15) is 6.61 Å². The van der Waals surface area contributed by atoms with Crippen molar-refractivity contribution in [1.82, 2.24) is 4.90 Å². The second-order valence-electron chi connectivity index (χ2n) is 4.73. The molecular formula is C13H12Cl3NO4S. The Bertz CT molecular complexity index is 606. The number of hydrogen-bond donors (Lipinski definition) is 2. The molecule has 22 heavy (non-hydrogen) atoms. The molecule has 0 saturated heterocycles. The molecule has 1 amide bonds. The van der Waals surface area contributed by atoms with Crippen LogP contribution in [0.2, 0.25) is 0 Å². The van der Waals surface area contributed by atoms with Crippen LogP contribution in [0.3, 0.4) is 0 Å². The summed E-state index contributed by atoms with van der Waals surface area (Å²) in [6.45, 7) is -0.0570. The quantitative estimate of drug-likeness (QED) is 0.464. The Morgan fingerprint density at radius 3 is 2.64 bits per heavy atom. The molecule has 120 valence electrons. The average Bonchev–Trinajstić information content (AvgIpc) is 2.44. The first-order valence-corrected chi connectivity index (χ1v) is 7.83. The average molecular weight is 385 g/mol. The maximum Gasteiger partial charge on any atom is 0.410 e. The number of fused-ring (bicyclic) bond motifs is 1. The van der Waals surface area contributed by atoms with E-state index in [0.29, 0.717) is 18.5 Å². The van der Waals surface area contributed by atoms with E-state index in [9.17, 15) is 15.0 Å². The minimum Gasteiger partial charge on any atom is -0.504 e. The monoisotopic (exact) mass is 383 g/mol. The van der Waals surface area contributed by atoms with Gasteiger partial charge in [0.15, 0.2) is 11.5 Å². The molecule has 0 bridgehead atoms. The summed E-state index contributed by atoms with van der Waals surface area (Å²) >= 11 is 21.6. The number of nitrogens with zero attached hydrogens (tertiary/aromatic N) is 1. The fourth-order valence-corrected chi connectivity index (χ4v) is 2.71. The van der Waals surface area contributed by atoms with Gasteiger partial charge in [0.05, 0.1) is 6.04 Å². The second kappa shape index (κ2) is 6.66. The number of phenols is 2. The molecule has 1 aromatic carbocycles. The van der Waals surface area contributed by atoms with E-state index in [0.717, 1.165) is 5.56 Å². The number of thiocarbonyl (C=S) groups is 1. The van der Waals surface area contributed by atoms with Gasteiger partial charge in [0.25, 0.3) is 0 Å². The van der Waals surface area contributed by atoms with E-state index < -0.39 is 15.9 Å². The van der Waals surface area contributed by atoms with Gasteiger partial charge >= 0.3 is 6.09 Å². The van der Waals surface area contributed by atoms with Gasteiger partial charge in [-0.25, -0.2) is 4.79 Å². The second-order valence-corrected chi connectivity index (χ2v) is 7.52. The third-order valence-electron chi connectivity index (χ3n) is 3.24. The highest BCUT2D eigenvalue weighted by atomic mass is 35.6. The molecule has 1 unspecified atom stereocenters. The van der Waals surface area contributed by atoms with Gasteiger partial charge < -0.3 is 14.9 Å². The number of ether oxygens (including phenoxy) is 1. The summed E-state index contributed by atoms with van der Waals surface area (Å²) in [6.07, 6.45) is -0.193. The summed E-state index contributed by atoms with van der Waals surface area (Å²) in [5.41, 5.74) is 1.43. The molecule has 0 radical (unpaired) electrons. The summed E-state index contributed by atoms with van der Waals surface area (Å²) in [7, 11) is 0. The first-order valence-electron chi connectivity index (χ1n) is 6.23. The van der Waals surface area contributed by atoms with E-state index in [4.69, 9.17) is 51.8 Å². The molecule has 1 aliphatic heterocycles. The van der Waals surface area contributed by atoms with Gasteiger partial charge in [-0.2, -0.15) is 0 Å². The lowest BCUT2D eigenvalue weighted by Crippen LogP contribution is -2.41. The molecule has 1 atom stereocenters. The topological polar surface area (TPSA) is 70.0 Å². The van der Waals surface area contributed by atoms with Crippen molar-refractivity contribution in [1.29, 1.82) is 0 Å². The normalized spacial score (nSPS) is 17.8. The first-order chi connectivity index (χ1) is 10.2. The zero-order valence-corrected chi connectivity index (χ0v) is 14.2. The fraction of sp³-hybridized carbons (Fsp3) is 0.385. The van der Waals surface area contributed by atoms with Crippen molar-refractivity contribution in [3.63, 3.8) is 0 Å². The molecule has 9 heteroatoms. The lowest BCUT2D eigenvalue weighted by Gasteiger charge is -2.34. The van der Waals surface area contributed by atoms with Gasteiger partial charge in [-0.1, -0.05) is 47.0 Å². The predicted octanol–water partition coefficient (Wildman–Crippen LogP) is 3.50. The zero-order chi connectivity index (χ0) is 16.5. The number of carbonyl (C=O) groups excluding carboxylic acids is 1. The van der Waals surface area contributed by atoms with Crippen LogP contribution >= 0.6 is 47.0 Å². The van der Waals surface area contributed by atoms with Crippen LogP contribution in [0, 0.1) is 0 Å². The zero-order valence-electron chi connectivity index (χ0n) is 11.1. The van der Waals surface area contributed by atoms with Crippen LogP contribution in [0.15, 0.2) is 12.1 Å². The molecule has 1 aromatic rings. The summed E-state index contributed by atoms with van der Waals surface area (Å²) in [4.78, 5) is 13.5. The van der Waals surface area contributed by atoms with Crippen molar-refractivity contribution in [3.05, 3.63) is 23.3 Å². The minimum absolute atomic E-state index is 0.214. The fourth-order valence-electron chi connectivity index (χ4n) is 2.25. The van der Waals surface area contributed by atoms with Crippen molar-refractivity contribution < 1.29 is 19.7 Å². The highest BCUT2D eigenvalue weighted by molar-refractivity contribution is 7.79. The minimum atomic E-state index is -1.69. The Kier molecular flexibility index (Phi) is 5.27. The number of rotatable bonds is 2. The van der Waals surface area contributed by atoms with Gasteiger partial charge in [-0.15, -0.1) is 0 Å². The SMILES string of the molecule is O=C(OCC(Cl)(Cl)Cl)N1CCc2cc(O)c(O)cc2C1C=S. The van der Waals surface area contributed by atoms with E-state index in [1.165, 1.54) is 22.4 Å². The molecule has 1 aliphatic rings. The Hall–Kier alpha value is -0.950. The third kappa shape index (κ3) is 3.87. The molecule has 0 saturated carbocycles. The van der Waals surface area contributed by atoms with Crippen LogP contribution in [-0.4, -0.2) is 43.5 Å². The van der Waals surface area contributed by atoms with Crippen molar-refractivity contribution in [3.8, 4) is 11.5 Å². The highest BCUT2D eigenvalue weighted by Gasteiger charge is 2.33. The summed E-state index contributed by atoms with van der Waals surface area (Å²) < 4.78 is 3.27. The van der Waals surface area contributed by atoms with E-state index in [1.54, 1.807) is 0 Å². The maximum atomic E-state index is 12.1. The van der Waals surface area contributed by atoms with Crippen LogP contribution in [0.5, 0.6) is 11.5 Å². The van der Waals surface area contributed by atoms with Crippen LogP contribution < -0.4 is 0 Å². The van der Waals surface area contributed by atoms with Crippen LogP contribution in [0.4, 0.5) is 4.79 Å². The Morgan fingerprint density at radius 1 is 1.41 bits per heavy atom. The van der Waals surface area contributed by atoms with E-state index in [2.05, 4.69) is 0 Å². The van der Waals surface area contributed by atoms with E-state index >= 15 is 0 Å².